The summed E-state index contributed by atoms with van der Waals surface area (Å²) in [4.78, 5) is 0. The molecule has 1 heteroatoms. The van der Waals surface area contributed by atoms with E-state index in [4.69, 9.17) is 0 Å². The lowest BCUT2D eigenvalue weighted by Crippen LogP contribution is -2.34. The van der Waals surface area contributed by atoms with Gasteiger partial charge in [-0.05, 0) is 38.5 Å². The molecule has 1 N–H and O–H groups in total. The molecule has 13 heavy (non-hydrogen) atoms. The maximum Gasteiger partial charge on any atom is 0.0138 e. The summed E-state index contributed by atoms with van der Waals surface area (Å²) < 4.78 is 0. The molecule has 0 fully saturated rings. The van der Waals surface area contributed by atoms with Gasteiger partial charge in [0.1, 0.15) is 0 Å². The molecule has 0 amide bonds. The molecule has 0 radical (unpaired) electrons. The molecule has 1 aliphatic rings. The fourth-order valence-corrected chi connectivity index (χ4v) is 1.82. The summed E-state index contributed by atoms with van der Waals surface area (Å²) in [5.74, 6) is 0.839. The first-order valence-electron chi connectivity index (χ1n) is 5.59. The number of rotatable bonds is 5. The quantitative estimate of drug-likeness (QED) is 0.643. The van der Waals surface area contributed by atoms with Crippen LogP contribution >= 0.6 is 0 Å². The van der Waals surface area contributed by atoms with Gasteiger partial charge >= 0.3 is 0 Å². The van der Waals surface area contributed by atoms with Crippen LogP contribution in [0.2, 0.25) is 0 Å². The lowest BCUT2D eigenvalue weighted by molar-refractivity contribution is 0.406. The molecule has 0 heterocycles. The van der Waals surface area contributed by atoms with Crippen LogP contribution in [0.5, 0.6) is 0 Å². The minimum atomic E-state index is 0.687. The second-order valence-corrected chi connectivity index (χ2v) is 4.68. The molecular formula is C12H23N. The molecule has 1 aliphatic carbocycles. The zero-order valence-electron chi connectivity index (χ0n) is 9.22. The first-order valence-corrected chi connectivity index (χ1v) is 5.59. The largest absolute Gasteiger partial charge is 0.311 e. The van der Waals surface area contributed by atoms with Gasteiger partial charge in [-0.25, -0.2) is 0 Å². The van der Waals surface area contributed by atoms with Crippen molar-refractivity contribution < 1.29 is 0 Å². The number of hydrogen-bond acceptors (Lipinski definition) is 1. The Balaban J connectivity index is 2.06. The van der Waals surface area contributed by atoms with Crippen molar-refractivity contribution in [2.75, 3.05) is 0 Å². The van der Waals surface area contributed by atoms with Crippen LogP contribution in [0.4, 0.5) is 0 Å². The summed E-state index contributed by atoms with van der Waals surface area (Å²) >= 11 is 0. The van der Waals surface area contributed by atoms with E-state index in [0.29, 0.717) is 6.04 Å². The van der Waals surface area contributed by atoms with Gasteiger partial charge in [-0.15, -0.1) is 0 Å². The van der Waals surface area contributed by atoms with Crippen molar-refractivity contribution in [3.63, 3.8) is 0 Å². The Hall–Kier alpha value is -0.300. The Morgan fingerprint density at radius 3 is 2.31 bits per heavy atom. The highest BCUT2D eigenvalue weighted by Gasteiger charge is 2.12. The maximum absolute atomic E-state index is 3.67. The first-order chi connectivity index (χ1) is 6.18. The lowest BCUT2D eigenvalue weighted by atomic mass is 10.0. The van der Waals surface area contributed by atoms with E-state index in [0.717, 1.165) is 12.0 Å². The highest BCUT2D eigenvalue weighted by Crippen LogP contribution is 2.12. The standard InChI is InChI=1S/C12H23N/c1-10(2)8-9-11(3)13-12-6-4-5-7-12/h4-5,10-13H,6-9H2,1-3H3. The van der Waals surface area contributed by atoms with E-state index in [2.05, 4.69) is 38.2 Å². The van der Waals surface area contributed by atoms with E-state index in [1.54, 1.807) is 0 Å². The first kappa shape index (κ1) is 10.8. The van der Waals surface area contributed by atoms with Crippen LogP contribution in [0.25, 0.3) is 0 Å². The summed E-state index contributed by atoms with van der Waals surface area (Å²) in [5.41, 5.74) is 0. The Kier molecular flexibility index (Phi) is 4.51. The van der Waals surface area contributed by atoms with E-state index in [1.165, 1.54) is 25.7 Å². The molecule has 0 aromatic rings. The minimum Gasteiger partial charge on any atom is -0.311 e. The molecule has 0 bridgehead atoms. The van der Waals surface area contributed by atoms with Crippen molar-refractivity contribution in [3.8, 4) is 0 Å². The van der Waals surface area contributed by atoms with E-state index in [9.17, 15) is 0 Å². The van der Waals surface area contributed by atoms with Crippen LogP contribution < -0.4 is 5.32 Å². The van der Waals surface area contributed by atoms with Gasteiger partial charge in [-0.1, -0.05) is 26.0 Å². The van der Waals surface area contributed by atoms with Gasteiger partial charge in [0.15, 0.2) is 0 Å². The van der Waals surface area contributed by atoms with Crippen molar-refractivity contribution in [2.45, 2.75) is 58.5 Å². The van der Waals surface area contributed by atoms with Crippen molar-refractivity contribution >= 4 is 0 Å². The van der Waals surface area contributed by atoms with Crippen LogP contribution in [0.1, 0.15) is 46.5 Å². The highest BCUT2D eigenvalue weighted by molar-refractivity contribution is 4.98. The van der Waals surface area contributed by atoms with Gasteiger partial charge in [0.2, 0.25) is 0 Å². The van der Waals surface area contributed by atoms with Crippen LogP contribution in [0.3, 0.4) is 0 Å². The van der Waals surface area contributed by atoms with Gasteiger partial charge < -0.3 is 5.32 Å². The summed E-state index contributed by atoms with van der Waals surface area (Å²) in [6.07, 6.45) is 9.68. The average molecular weight is 181 g/mol. The monoisotopic (exact) mass is 181 g/mol. The Labute approximate surface area is 82.6 Å². The molecule has 0 saturated heterocycles. The van der Waals surface area contributed by atoms with E-state index >= 15 is 0 Å². The van der Waals surface area contributed by atoms with E-state index in [-0.39, 0.29) is 0 Å². The third-order valence-corrected chi connectivity index (χ3v) is 2.71. The van der Waals surface area contributed by atoms with E-state index < -0.39 is 0 Å². The average Bonchev–Trinajstić information content (AvgIpc) is 2.53. The van der Waals surface area contributed by atoms with Crippen LogP contribution in [0, 0.1) is 5.92 Å². The molecule has 0 aromatic carbocycles. The smallest absolute Gasteiger partial charge is 0.0138 e. The van der Waals surface area contributed by atoms with E-state index in [1.807, 2.05) is 0 Å². The summed E-state index contributed by atoms with van der Waals surface area (Å²) in [5, 5.41) is 3.67. The summed E-state index contributed by atoms with van der Waals surface area (Å²) in [6, 6.07) is 1.41. The van der Waals surface area contributed by atoms with Gasteiger partial charge in [-0.2, -0.15) is 0 Å². The lowest BCUT2D eigenvalue weighted by Gasteiger charge is -2.19. The maximum atomic E-state index is 3.67. The SMILES string of the molecule is CC(C)CCC(C)NC1CC=CC1. The Morgan fingerprint density at radius 1 is 1.15 bits per heavy atom. The van der Waals surface area contributed by atoms with Gasteiger partial charge in [0.25, 0.3) is 0 Å². The third-order valence-electron chi connectivity index (χ3n) is 2.71. The Bertz CT molecular complexity index is 153. The molecule has 76 valence electrons. The molecule has 0 aromatic heterocycles. The van der Waals surface area contributed by atoms with Gasteiger partial charge in [0, 0.05) is 12.1 Å². The molecule has 0 aliphatic heterocycles. The van der Waals surface area contributed by atoms with Crippen molar-refractivity contribution in [3.05, 3.63) is 12.2 Å². The van der Waals surface area contributed by atoms with Gasteiger partial charge in [0.05, 0.1) is 0 Å². The molecule has 1 rings (SSSR count). The van der Waals surface area contributed by atoms with Crippen LogP contribution in [-0.2, 0) is 0 Å². The molecule has 1 nitrogen and oxygen atoms in total. The topological polar surface area (TPSA) is 12.0 Å². The zero-order chi connectivity index (χ0) is 9.68. The van der Waals surface area contributed by atoms with Gasteiger partial charge in [-0.3, -0.25) is 0 Å². The zero-order valence-corrected chi connectivity index (χ0v) is 9.22. The molecule has 0 spiro atoms. The second-order valence-electron chi connectivity index (χ2n) is 4.68. The van der Waals surface area contributed by atoms with Crippen molar-refractivity contribution in [1.82, 2.24) is 5.32 Å². The normalized spacial score (nSPS) is 20.0. The predicted octanol–water partition coefficient (Wildman–Crippen LogP) is 3.12. The number of hydrogen-bond donors (Lipinski definition) is 1. The second kappa shape index (κ2) is 5.43. The Morgan fingerprint density at radius 2 is 1.77 bits per heavy atom. The van der Waals surface area contributed by atoms with Crippen LogP contribution in [0.15, 0.2) is 12.2 Å². The molecule has 1 atom stereocenters. The third kappa shape index (κ3) is 4.47. The summed E-state index contributed by atoms with van der Waals surface area (Å²) in [6.45, 7) is 6.90. The molecular weight excluding hydrogens is 158 g/mol. The predicted molar refractivity (Wildman–Crippen MR) is 58.8 cm³/mol. The molecule has 0 saturated carbocycles. The fourth-order valence-electron chi connectivity index (χ4n) is 1.82. The number of nitrogens with one attached hydrogen (secondary N) is 1. The molecule has 1 unspecified atom stereocenters. The minimum absolute atomic E-state index is 0.687. The highest BCUT2D eigenvalue weighted by atomic mass is 14.9. The van der Waals surface area contributed by atoms with Crippen molar-refractivity contribution in [1.29, 1.82) is 0 Å². The fraction of sp³-hybridized carbons (Fsp3) is 0.833. The summed E-state index contributed by atoms with van der Waals surface area (Å²) in [7, 11) is 0. The van der Waals surface area contributed by atoms with Crippen molar-refractivity contribution in [2.24, 2.45) is 5.92 Å². The van der Waals surface area contributed by atoms with Crippen LogP contribution in [-0.4, -0.2) is 12.1 Å².